The van der Waals surface area contributed by atoms with Gasteiger partial charge in [0.2, 0.25) is 0 Å². The van der Waals surface area contributed by atoms with Crippen LogP contribution in [0.15, 0.2) is 84.0 Å². The van der Waals surface area contributed by atoms with Gasteiger partial charge in [0.1, 0.15) is 5.75 Å². The van der Waals surface area contributed by atoms with Crippen LogP contribution in [0.4, 0.5) is 0 Å². The zero-order valence-corrected chi connectivity index (χ0v) is 18.4. The number of carbonyl (C=O) groups excluding carboxylic acids is 2. The fraction of sp³-hybridized carbons (Fsp3) is 0.115. The van der Waals surface area contributed by atoms with E-state index in [0.717, 1.165) is 11.1 Å². The minimum absolute atomic E-state index is 0.157. The standard InChI is InChI=1S/C26H24N2O5/c1-19-7-6-10-22(15-19)32-18-25(29)28-27-17-21-11-13-23(24(16-21)31-2)33-26(30)14-12-20-8-4-3-5-9-20/h3-17H,18H2,1-2H3,(H,28,29)/b14-12+,27-17+. The van der Waals surface area contributed by atoms with Crippen molar-refractivity contribution in [1.29, 1.82) is 0 Å². The Balaban J connectivity index is 1.53. The molecule has 3 rings (SSSR count). The first-order valence-corrected chi connectivity index (χ1v) is 10.2. The number of methoxy groups -OCH3 is 1. The largest absolute Gasteiger partial charge is 0.493 e. The van der Waals surface area contributed by atoms with Gasteiger partial charge in [-0.3, -0.25) is 4.79 Å². The first-order valence-electron chi connectivity index (χ1n) is 10.2. The van der Waals surface area contributed by atoms with E-state index >= 15 is 0 Å². The summed E-state index contributed by atoms with van der Waals surface area (Å²) in [5.74, 6) is 0.319. The van der Waals surface area contributed by atoms with Crippen molar-refractivity contribution in [2.45, 2.75) is 6.92 Å². The summed E-state index contributed by atoms with van der Waals surface area (Å²) in [6.45, 7) is 1.79. The molecule has 0 atom stereocenters. The van der Waals surface area contributed by atoms with Crippen LogP contribution in [0, 0.1) is 6.92 Å². The molecule has 0 saturated heterocycles. The second kappa shape index (κ2) is 11.9. The number of benzene rings is 3. The number of nitrogens with zero attached hydrogens (tertiary/aromatic N) is 1. The summed E-state index contributed by atoms with van der Waals surface area (Å²) in [4.78, 5) is 24.0. The molecule has 0 saturated carbocycles. The van der Waals surface area contributed by atoms with Crippen molar-refractivity contribution in [3.63, 3.8) is 0 Å². The third-order valence-electron chi connectivity index (χ3n) is 4.37. The zero-order chi connectivity index (χ0) is 23.5. The molecule has 3 aromatic rings. The number of aryl methyl sites for hydroxylation is 1. The fourth-order valence-electron chi connectivity index (χ4n) is 2.78. The molecule has 1 amide bonds. The van der Waals surface area contributed by atoms with E-state index in [1.165, 1.54) is 19.4 Å². The SMILES string of the molecule is COc1cc(/C=N/NC(=O)COc2cccc(C)c2)ccc1OC(=O)/C=C/c1ccccc1. The molecule has 0 aliphatic rings. The Morgan fingerprint density at radius 2 is 1.76 bits per heavy atom. The lowest BCUT2D eigenvalue weighted by Gasteiger charge is -2.08. The molecule has 0 aromatic heterocycles. The van der Waals surface area contributed by atoms with Crippen LogP contribution in [0.5, 0.6) is 17.2 Å². The maximum Gasteiger partial charge on any atom is 0.336 e. The van der Waals surface area contributed by atoms with Gasteiger partial charge in [-0.2, -0.15) is 5.10 Å². The van der Waals surface area contributed by atoms with E-state index in [4.69, 9.17) is 14.2 Å². The van der Waals surface area contributed by atoms with E-state index in [1.54, 1.807) is 30.3 Å². The van der Waals surface area contributed by atoms with Crippen LogP contribution in [-0.2, 0) is 9.59 Å². The molecule has 0 radical (unpaired) electrons. The summed E-state index contributed by atoms with van der Waals surface area (Å²) in [5.41, 5.74) is 4.98. The number of hydrogen-bond acceptors (Lipinski definition) is 6. The summed E-state index contributed by atoms with van der Waals surface area (Å²) in [7, 11) is 1.47. The Kier molecular flexibility index (Phi) is 8.36. The highest BCUT2D eigenvalue weighted by Crippen LogP contribution is 2.27. The van der Waals surface area contributed by atoms with Crippen LogP contribution in [0.1, 0.15) is 16.7 Å². The van der Waals surface area contributed by atoms with Crippen molar-refractivity contribution in [3.8, 4) is 17.2 Å². The van der Waals surface area contributed by atoms with Crippen LogP contribution in [0.25, 0.3) is 6.08 Å². The zero-order valence-electron chi connectivity index (χ0n) is 18.4. The molecule has 1 N–H and O–H groups in total. The van der Waals surface area contributed by atoms with Gasteiger partial charge in [0, 0.05) is 6.08 Å². The van der Waals surface area contributed by atoms with Crippen LogP contribution < -0.4 is 19.6 Å². The van der Waals surface area contributed by atoms with Gasteiger partial charge in [-0.1, -0.05) is 42.5 Å². The van der Waals surface area contributed by atoms with Gasteiger partial charge < -0.3 is 14.2 Å². The van der Waals surface area contributed by atoms with E-state index in [2.05, 4.69) is 10.5 Å². The monoisotopic (exact) mass is 444 g/mol. The second-order valence-electron chi connectivity index (χ2n) is 6.97. The summed E-state index contributed by atoms with van der Waals surface area (Å²) in [5, 5.41) is 3.92. The molecular weight excluding hydrogens is 420 g/mol. The molecule has 7 nitrogen and oxygen atoms in total. The Labute approximate surface area is 192 Å². The molecule has 168 valence electrons. The Hall–Kier alpha value is -4.39. The Morgan fingerprint density at radius 3 is 2.52 bits per heavy atom. The molecule has 0 aliphatic heterocycles. The lowest BCUT2D eigenvalue weighted by molar-refractivity contribution is -0.129. The average Bonchev–Trinajstić information content (AvgIpc) is 2.83. The smallest absolute Gasteiger partial charge is 0.336 e. The van der Waals surface area contributed by atoms with Crippen molar-refractivity contribution in [1.82, 2.24) is 5.43 Å². The summed E-state index contributed by atoms with van der Waals surface area (Å²) < 4.78 is 16.1. The van der Waals surface area contributed by atoms with Gasteiger partial charge in [0.25, 0.3) is 5.91 Å². The lowest BCUT2D eigenvalue weighted by Crippen LogP contribution is -2.24. The highest BCUT2D eigenvalue weighted by molar-refractivity contribution is 5.89. The number of rotatable bonds is 9. The van der Waals surface area contributed by atoms with Crippen molar-refractivity contribution in [2.75, 3.05) is 13.7 Å². The number of amides is 1. The van der Waals surface area contributed by atoms with E-state index in [9.17, 15) is 9.59 Å². The van der Waals surface area contributed by atoms with Gasteiger partial charge in [0.05, 0.1) is 13.3 Å². The molecule has 0 spiro atoms. The number of esters is 1. The number of ether oxygens (including phenoxy) is 3. The number of hydrogen-bond donors (Lipinski definition) is 1. The summed E-state index contributed by atoms with van der Waals surface area (Å²) in [6.07, 6.45) is 4.47. The lowest BCUT2D eigenvalue weighted by atomic mass is 10.2. The minimum atomic E-state index is -0.528. The van der Waals surface area contributed by atoms with Crippen molar-refractivity contribution < 1.29 is 23.8 Å². The predicted octanol–water partition coefficient (Wildman–Crippen LogP) is 4.15. The third-order valence-corrected chi connectivity index (χ3v) is 4.37. The maximum atomic E-state index is 12.1. The molecular formula is C26H24N2O5. The van der Waals surface area contributed by atoms with Crippen LogP contribution in [-0.4, -0.2) is 31.8 Å². The van der Waals surface area contributed by atoms with E-state index in [0.29, 0.717) is 17.1 Å². The number of carbonyl (C=O) groups is 2. The average molecular weight is 444 g/mol. The van der Waals surface area contributed by atoms with Crippen LogP contribution in [0.3, 0.4) is 0 Å². The molecule has 0 heterocycles. The second-order valence-corrected chi connectivity index (χ2v) is 6.97. The van der Waals surface area contributed by atoms with Crippen molar-refractivity contribution in [3.05, 3.63) is 95.6 Å². The molecule has 0 unspecified atom stereocenters. The normalized spacial score (nSPS) is 10.8. The summed E-state index contributed by atoms with van der Waals surface area (Å²) >= 11 is 0. The Morgan fingerprint density at radius 1 is 0.939 bits per heavy atom. The first-order chi connectivity index (χ1) is 16.0. The van der Waals surface area contributed by atoms with Crippen molar-refractivity contribution in [2.24, 2.45) is 5.10 Å². The quantitative estimate of drug-likeness (QED) is 0.176. The molecule has 33 heavy (non-hydrogen) atoms. The summed E-state index contributed by atoms with van der Waals surface area (Å²) in [6, 6.07) is 21.8. The highest BCUT2D eigenvalue weighted by atomic mass is 16.6. The van der Waals surface area contributed by atoms with Crippen LogP contribution in [0.2, 0.25) is 0 Å². The highest BCUT2D eigenvalue weighted by Gasteiger charge is 2.09. The van der Waals surface area contributed by atoms with E-state index in [-0.39, 0.29) is 12.4 Å². The van der Waals surface area contributed by atoms with Gasteiger partial charge in [0.15, 0.2) is 18.1 Å². The molecule has 0 fully saturated rings. The Bertz CT molecular complexity index is 1160. The van der Waals surface area contributed by atoms with E-state index < -0.39 is 11.9 Å². The van der Waals surface area contributed by atoms with Crippen LogP contribution >= 0.6 is 0 Å². The molecule has 0 aliphatic carbocycles. The maximum absolute atomic E-state index is 12.1. The fourth-order valence-corrected chi connectivity index (χ4v) is 2.78. The van der Waals surface area contributed by atoms with Gasteiger partial charge in [-0.05, 0) is 60.0 Å². The predicted molar refractivity (Wildman–Crippen MR) is 127 cm³/mol. The molecule has 7 heteroatoms. The number of hydrazone groups is 1. The third kappa shape index (κ3) is 7.66. The minimum Gasteiger partial charge on any atom is -0.493 e. The van der Waals surface area contributed by atoms with Gasteiger partial charge in [-0.15, -0.1) is 0 Å². The van der Waals surface area contributed by atoms with Gasteiger partial charge in [-0.25, -0.2) is 10.2 Å². The van der Waals surface area contributed by atoms with Gasteiger partial charge >= 0.3 is 5.97 Å². The number of nitrogens with one attached hydrogen (secondary N) is 1. The first kappa shape index (κ1) is 23.3. The topological polar surface area (TPSA) is 86.2 Å². The van der Waals surface area contributed by atoms with E-state index in [1.807, 2.05) is 55.5 Å². The van der Waals surface area contributed by atoms with Crippen molar-refractivity contribution >= 4 is 24.2 Å². The molecule has 0 bridgehead atoms. The molecule has 3 aromatic carbocycles.